The molecule has 3 nitrogen and oxygen atoms in total. The number of nitrogens with zero attached hydrogens (tertiary/aromatic N) is 2. The van der Waals surface area contributed by atoms with Gasteiger partial charge in [-0.2, -0.15) is 0 Å². The SMILES string of the molecule is CC(=Nc1ccc(C)cc1)n1c2ccccc2c2ccc(Oc3cccc(Br)c3)cc21. The zero-order chi connectivity index (χ0) is 21.4. The Morgan fingerprint density at radius 3 is 2.32 bits per heavy atom. The van der Waals surface area contributed by atoms with Crippen molar-refractivity contribution in [3.05, 3.63) is 101 Å². The Morgan fingerprint density at radius 1 is 0.774 bits per heavy atom. The van der Waals surface area contributed by atoms with Crippen LogP contribution in [0.25, 0.3) is 21.8 Å². The molecule has 1 heterocycles. The van der Waals surface area contributed by atoms with Gasteiger partial charge < -0.3 is 4.74 Å². The van der Waals surface area contributed by atoms with Crippen LogP contribution in [0.5, 0.6) is 11.5 Å². The summed E-state index contributed by atoms with van der Waals surface area (Å²) in [7, 11) is 0. The lowest BCUT2D eigenvalue weighted by Gasteiger charge is -2.10. The van der Waals surface area contributed by atoms with Gasteiger partial charge in [0.2, 0.25) is 0 Å². The first-order chi connectivity index (χ1) is 15.1. The Morgan fingerprint density at radius 2 is 1.52 bits per heavy atom. The fraction of sp³-hybridized carbons (Fsp3) is 0.0741. The maximum atomic E-state index is 6.15. The number of aromatic nitrogens is 1. The van der Waals surface area contributed by atoms with Crippen molar-refractivity contribution in [3.8, 4) is 11.5 Å². The summed E-state index contributed by atoms with van der Waals surface area (Å²) in [5.74, 6) is 2.49. The maximum Gasteiger partial charge on any atom is 0.129 e. The highest BCUT2D eigenvalue weighted by Crippen LogP contribution is 2.34. The van der Waals surface area contributed by atoms with E-state index in [1.807, 2.05) is 37.3 Å². The van der Waals surface area contributed by atoms with Crippen molar-refractivity contribution in [2.45, 2.75) is 13.8 Å². The van der Waals surface area contributed by atoms with Crippen molar-refractivity contribution >= 4 is 49.3 Å². The highest BCUT2D eigenvalue weighted by molar-refractivity contribution is 9.10. The first-order valence-corrected chi connectivity index (χ1v) is 11.0. The summed E-state index contributed by atoms with van der Waals surface area (Å²) in [4.78, 5) is 4.90. The summed E-state index contributed by atoms with van der Waals surface area (Å²) in [6.07, 6.45) is 0. The smallest absolute Gasteiger partial charge is 0.129 e. The second-order valence-corrected chi connectivity index (χ2v) is 8.50. The van der Waals surface area contributed by atoms with Gasteiger partial charge in [-0.3, -0.25) is 4.57 Å². The summed E-state index contributed by atoms with van der Waals surface area (Å²) < 4.78 is 9.34. The molecule has 5 rings (SSSR count). The van der Waals surface area contributed by atoms with Gasteiger partial charge in [-0.1, -0.05) is 57.9 Å². The van der Waals surface area contributed by atoms with Crippen molar-refractivity contribution in [3.63, 3.8) is 0 Å². The lowest BCUT2D eigenvalue weighted by molar-refractivity contribution is 0.483. The third-order valence-electron chi connectivity index (χ3n) is 5.33. The zero-order valence-electron chi connectivity index (χ0n) is 17.3. The van der Waals surface area contributed by atoms with E-state index in [-0.39, 0.29) is 0 Å². The third-order valence-corrected chi connectivity index (χ3v) is 5.82. The van der Waals surface area contributed by atoms with E-state index in [9.17, 15) is 0 Å². The predicted octanol–water partition coefficient (Wildman–Crippen LogP) is 8.26. The highest BCUT2D eigenvalue weighted by atomic mass is 79.9. The minimum Gasteiger partial charge on any atom is -0.457 e. The quantitative estimate of drug-likeness (QED) is 0.193. The number of aryl methyl sites for hydroxylation is 1. The van der Waals surface area contributed by atoms with Gasteiger partial charge in [-0.15, -0.1) is 0 Å². The summed E-state index contributed by atoms with van der Waals surface area (Å²) in [6.45, 7) is 4.13. The monoisotopic (exact) mass is 468 g/mol. The first-order valence-electron chi connectivity index (χ1n) is 10.2. The van der Waals surface area contributed by atoms with Crippen molar-refractivity contribution in [1.82, 2.24) is 4.57 Å². The number of halogens is 1. The number of fused-ring (bicyclic) bond motifs is 3. The van der Waals surface area contributed by atoms with Crippen LogP contribution in [0.2, 0.25) is 0 Å². The molecule has 0 fully saturated rings. The molecule has 4 heteroatoms. The predicted molar refractivity (Wildman–Crippen MR) is 133 cm³/mol. The average molecular weight is 469 g/mol. The number of ether oxygens (including phenoxy) is 1. The van der Waals surface area contributed by atoms with Crippen LogP contribution >= 0.6 is 15.9 Å². The Bertz CT molecular complexity index is 1430. The highest BCUT2D eigenvalue weighted by Gasteiger charge is 2.13. The summed E-state index contributed by atoms with van der Waals surface area (Å²) in [5.41, 5.74) is 4.37. The molecule has 0 amide bonds. The van der Waals surface area contributed by atoms with Crippen LogP contribution in [0.4, 0.5) is 5.69 Å². The molecule has 4 aromatic carbocycles. The lowest BCUT2D eigenvalue weighted by atomic mass is 10.1. The van der Waals surface area contributed by atoms with E-state index >= 15 is 0 Å². The molecule has 0 bridgehead atoms. The second kappa shape index (κ2) is 8.05. The number of para-hydroxylation sites is 1. The largest absolute Gasteiger partial charge is 0.457 e. The van der Waals surface area contributed by atoms with Gasteiger partial charge in [0.25, 0.3) is 0 Å². The molecule has 31 heavy (non-hydrogen) atoms. The van der Waals surface area contributed by atoms with E-state index in [2.05, 4.69) is 88.1 Å². The van der Waals surface area contributed by atoms with E-state index in [1.165, 1.54) is 16.3 Å². The van der Waals surface area contributed by atoms with Gasteiger partial charge in [-0.25, -0.2) is 4.99 Å². The number of benzene rings is 4. The van der Waals surface area contributed by atoms with Gasteiger partial charge in [0.15, 0.2) is 0 Å². The Labute approximate surface area is 189 Å². The number of aliphatic imine (C=N–C) groups is 1. The minimum atomic E-state index is 0.790. The summed E-state index contributed by atoms with van der Waals surface area (Å²) in [6, 6.07) is 30.8. The standard InChI is InChI=1S/C27H21BrN2O/c1-18-10-12-21(13-11-18)29-19(2)30-26-9-4-3-8-24(26)25-15-14-23(17-27(25)30)31-22-7-5-6-20(28)16-22/h3-17H,1-2H3. The van der Waals surface area contributed by atoms with Gasteiger partial charge in [0, 0.05) is 21.3 Å². The minimum absolute atomic E-state index is 0.790. The molecule has 0 unspecified atom stereocenters. The van der Waals surface area contributed by atoms with Gasteiger partial charge in [0.05, 0.1) is 16.7 Å². The number of hydrogen-bond acceptors (Lipinski definition) is 2. The topological polar surface area (TPSA) is 26.5 Å². The Kier molecular flexibility index (Phi) is 5.08. The van der Waals surface area contributed by atoms with Crippen molar-refractivity contribution < 1.29 is 4.74 Å². The first kappa shape index (κ1) is 19.6. The summed E-state index contributed by atoms with van der Waals surface area (Å²) >= 11 is 3.51. The lowest BCUT2D eigenvalue weighted by Crippen LogP contribution is -2.06. The van der Waals surface area contributed by atoms with E-state index in [0.717, 1.165) is 38.5 Å². The van der Waals surface area contributed by atoms with Crippen LogP contribution in [0, 0.1) is 6.92 Å². The van der Waals surface area contributed by atoms with E-state index in [4.69, 9.17) is 9.73 Å². The van der Waals surface area contributed by atoms with Crippen LogP contribution in [0.3, 0.4) is 0 Å². The Hall–Kier alpha value is -3.37. The van der Waals surface area contributed by atoms with E-state index in [1.54, 1.807) is 0 Å². The molecule has 152 valence electrons. The van der Waals surface area contributed by atoms with Gasteiger partial charge in [0.1, 0.15) is 17.3 Å². The van der Waals surface area contributed by atoms with Crippen LogP contribution in [0.15, 0.2) is 100 Å². The molecular weight excluding hydrogens is 448 g/mol. The number of hydrogen-bond donors (Lipinski definition) is 0. The normalized spacial score (nSPS) is 11.9. The zero-order valence-corrected chi connectivity index (χ0v) is 18.9. The van der Waals surface area contributed by atoms with Crippen molar-refractivity contribution in [2.75, 3.05) is 0 Å². The van der Waals surface area contributed by atoms with E-state index < -0.39 is 0 Å². The molecule has 0 atom stereocenters. The van der Waals surface area contributed by atoms with Crippen molar-refractivity contribution in [1.29, 1.82) is 0 Å². The average Bonchev–Trinajstić information content (AvgIpc) is 3.09. The molecule has 0 aliphatic heterocycles. The molecule has 1 aromatic heterocycles. The summed E-state index contributed by atoms with van der Waals surface area (Å²) in [5, 5.41) is 2.38. The van der Waals surface area contributed by atoms with Gasteiger partial charge >= 0.3 is 0 Å². The van der Waals surface area contributed by atoms with Crippen LogP contribution in [-0.2, 0) is 0 Å². The number of rotatable bonds is 3. The van der Waals surface area contributed by atoms with Crippen LogP contribution < -0.4 is 4.74 Å². The van der Waals surface area contributed by atoms with Gasteiger partial charge in [-0.05, 0) is 62.4 Å². The second-order valence-electron chi connectivity index (χ2n) is 7.59. The molecule has 0 saturated carbocycles. The molecule has 0 saturated heterocycles. The fourth-order valence-corrected chi connectivity index (χ4v) is 4.26. The van der Waals surface area contributed by atoms with Crippen molar-refractivity contribution in [2.24, 2.45) is 4.99 Å². The third kappa shape index (κ3) is 3.87. The molecule has 0 radical (unpaired) electrons. The van der Waals surface area contributed by atoms with Crippen LogP contribution in [-0.4, -0.2) is 10.4 Å². The Balaban J connectivity index is 1.66. The molecule has 0 N–H and O–H groups in total. The van der Waals surface area contributed by atoms with E-state index in [0.29, 0.717) is 0 Å². The molecular formula is C27H21BrN2O. The molecule has 0 spiro atoms. The molecule has 5 aromatic rings. The molecule has 0 aliphatic rings. The fourth-order valence-electron chi connectivity index (χ4n) is 3.89. The van der Waals surface area contributed by atoms with Crippen LogP contribution in [0.1, 0.15) is 12.5 Å². The maximum absolute atomic E-state index is 6.15. The molecule has 0 aliphatic carbocycles.